The van der Waals surface area contributed by atoms with Gasteiger partial charge in [-0.1, -0.05) is 12.1 Å². The first kappa shape index (κ1) is 16.3. The van der Waals surface area contributed by atoms with E-state index in [1.54, 1.807) is 6.07 Å². The van der Waals surface area contributed by atoms with Crippen molar-refractivity contribution in [3.8, 4) is 0 Å². The van der Waals surface area contributed by atoms with E-state index in [1.807, 2.05) is 19.0 Å². The molecule has 2 unspecified atom stereocenters. The molecule has 1 aliphatic heterocycles. The Labute approximate surface area is 123 Å². The van der Waals surface area contributed by atoms with E-state index in [-0.39, 0.29) is 6.04 Å². The van der Waals surface area contributed by atoms with Crippen LogP contribution >= 0.6 is 0 Å². The highest BCUT2D eigenvalue weighted by molar-refractivity contribution is 5.28. The van der Waals surface area contributed by atoms with Crippen LogP contribution in [0.25, 0.3) is 0 Å². The van der Waals surface area contributed by atoms with E-state index in [1.165, 1.54) is 6.07 Å². The molecule has 6 heteroatoms. The molecule has 0 spiro atoms. The number of hydrogen-bond acceptors (Lipinski definition) is 3. The topological polar surface area (TPSA) is 26.7 Å². The number of benzene rings is 1. The van der Waals surface area contributed by atoms with Crippen molar-refractivity contribution < 1.29 is 18.3 Å². The van der Waals surface area contributed by atoms with Crippen molar-refractivity contribution in [2.24, 2.45) is 0 Å². The van der Waals surface area contributed by atoms with E-state index in [4.69, 9.17) is 0 Å². The van der Waals surface area contributed by atoms with Crippen LogP contribution in [0.4, 0.5) is 13.2 Å². The summed E-state index contributed by atoms with van der Waals surface area (Å²) in [6.07, 6.45) is -4.33. The summed E-state index contributed by atoms with van der Waals surface area (Å²) in [5.74, 6) is 0. The summed E-state index contributed by atoms with van der Waals surface area (Å²) in [6, 6.07) is 4.77. The number of likely N-dealkylation sites (N-methyl/N-ethyl adjacent to an activating group) is 2. The molecule has 1 N–H and O–H groups in total. The van der Waals surface area contributed by atoms with Gasteiger partial charge in [0.1, 0.15) is 0 Å². The van der Waals surface area contributed by atoms with E-state index >= 15 is 0 Å². The molecule has 21 heavy (non-hydrogen) atoms. The Morgan fingerprint density at radius 2 is 1.95 bits per heavy atom. The van der Waals surface area contributed by atoms with Gasteiger partial charge in [0, 0.05) is 6.54 Å². The Kier molecular flexibility index (Phi) is 4.91. The molecule has 1 aromatic carbocycles. The molecule has 118 valence electrons. The summed E-state index contributed by atoms with van der Waals surface area (Å²) < 4.78 is 38.3. The van der Waals surface area contributed by atoms with Gasteiger partial charge in [0.25, 0.3) is 0 Å². The van der Waals surface area contributed by atoms with Gasteiger partial charge in [-0.3, -0.25) is 4.90 Å². The molecule has 0 aliphatic carbocycles. The van der Waals surface area contributed by atoms with Gasteiger partial charge >= 0.3 is 6.18 Å². The van der Waals surface area contributed by atoms with Crippen LogP contribution in [0, 0.1) is 0 Å². The average molecular weight is 302 g/mol. The van der Waals surface area contributed by atoms with Gasteiger partial charge in [0.05, 0.1) is 17.7 Å². The summed E-state index contributed by atoms with van der Waals surface area (Å²) in [4.78, 5) is 4.12. The summed E-state index contributed by atoms with van der Waals surface area (Å²) in [5.41, 5.74) is -0.402. The molecule has 1 aromatic rings. The number of halogens is 3. The van der Waals surface area contributed by atoms with E-state index < -0.39 is 17.8 Å². The number of alkyl halides is 3. The van der Waals surface area contributed by atoms with Crippen molar-refractivity contribution in [3.63, 3.8) is 0 Å². The van der Waals surface area contributed by atoms with Crippen molar-refractivity contribution in [1.82, 2.24) is 9.80 Å². The maximum atomic E-state index is 12.8. The molecule has 0 amide bonds. The third kappa shape index (κ3) is 3.96. The molecule has 1 fully saturated rings. The van der Waals surface area contributed by atoms with Crippen LogP contribution in [0.1, 0.15) is 23.7 Å². The Hall–Kier alpha value is -1.11. The maximum absolute atomic E-state index is 12.8. The second-order valence-electron chi connectivity index (χ2n) is 5.73. The quantitative estimate of drug-likeness (QED) is 0.908. The zero-order valence-corrected chi connectivity index (χ0v) is 12.3. The predicted octanol–water partition coefficient (Wildman–Crippen LogP) is 2.37. The fourth-order valence-electron chi connectivity index (χ4n) is 2.77. The number of hydrogen-bond donors (Lipinski definition) is 1. The van der Waals surface area contributed by atoms with Crippen LogP contribution in [0.3, 0.4) is 0 Å². The Morgan fingerprint density at radius 1 is 1.24 bits per heavy atom. The van der Waals surface area contributed by atoms with Crippen LogP contribution < -0.4 is 0 Å². The van der Waals surface area contributed by atoms with E-state index in [0.29, 0.717) is 12.1 Å². The summed E-state index contributed by atoms with van der Waals surface area (Å²) in [6.45, 7) is 2.38. The molecule has 1 saturated heterocycles. The van der Waals surface area contributed by atoms with Gasteiger partial charge in [-0.15, -0.1) is 0 Å². The zero-order chi connectivity index (χ0) is 15.6. The van der Waals surface area contributed by atoms with Gasteiger partial charge in [-0.25, -0.2) is 0 Å². The van der Waals surface area contributed by atoms with Crippen molar-refractivity contribution in [2.45, 2.75) is 24.7 Å². The number of aliphatic hydroxyl groups is 1. The lowest BCUT2D eigenvalue weighted by Gasteiger charge is -2.32. The molecule has 2 rings (SSSR count). The van der Waals surface area contributed by atoms with Gasteiger partial charge in [-0.05, 0) is 51.3 Å². The molecule has 2 atom stereocenters. The lowest BCUT2D eigenvalue weighted by molar-refractivity contribution is -0.137. The molecule has 3 nitrogen and oxygen atoms in total. The molecule has 0 aromatic heterocycles. The zero-order valence-electron chi connectivity index (χ0n) is 12.3. The highest BCUT2D eigenvalue weighted by Crippen LogP contribution is 2.32. The van der Waals surface area contributed by atoms with E-state index in [0.717, 1.165) is 31.6 Å². The number of aliphatic hydroxyl groups excluding tert-OH is 1. The molecular weight excluding hydrogens is 281 g/mol. The fraction of sp³-hybridized carbons (Fsp3) is 0.600. The Morgan fingerprint density at radius 3 is 2.62 bits per heavy atom. The number of rotatable bonds is 2. The van der Waals surface area contributed by atoms with Crippen LogP contribution in [0.15, 0.2) is 24.3 Å². The third-order valence-electron chi connectivity index (χ3n) is 4.04. The van der Waals surface area contributed by atoms with Crippen molar-refractivity contribution in [2.75, 3.05) is 33.7 Å². The highest BCUT2D eigenvalue weighted by Gasteiger charge is 2.33. The lowest BCUT2D eigenvalue weighted by atomic mass is 9.99. The molecule has 0 bridgehead atoms. The molecule has 0 saturated carbocycles. The van der Waals surface area contributed by atoms with E-state index in [2.05, 4.69) is 4.90 Å². The molecular formula is C15H21F3N2O. The first-order valence-electron chi connectivity index (χ1n) is 7.03. The Bertz CT molecular complexity index is 478. The maximum Gasteiger partial charge on any atom is 0.416 e. The Balaban J connectivity index is 2.24. The van der Waals surface area contributed by atoms with Crippen LogP contribution in [0.2, 0.25) is 0 Å². The fourth-order valence-corrected chi connectivity index (χ4v) is 2.77. The smallest absolute Gasteiger partial charge is 0.387 e. The summed E-state index contributed by atoms with van der Waals surface area (Å²) in [7, 11) is 3.87. The monoisotopic (exact) mass is 302 g/mol. The van der Waals surface area contributed by atoms with Crippen molar-refractivity contribution >= 4 is 0 Å². The average Bonchev–Trinajstić information content (AvgIpc) is 2.59. The first-order valence-corrected chi connectivity index (χ1v) is 7.03. The highest BCUT2D eigenvalue weighted by atomic mass is 19.4. The van der Waals surface area contributed by atoms with Crippen LogP contribution in [-0.2, 0) is 6.18 Å². The van der Waals surface area contributed by atoms with E-state index in [9.17, 15) is 18.3 Å². The van der Waals surface area contributed by atoms with Gasteiger partial charge < -0.3 is 10.0 Å². The van der Waals surface area contributed by atoms with Gasteiger partial charge in [0.15, 0.2) is 0 Å². The predicted molar refractivity (Wildman–Crippen MR) is 74.9 cm³/mol. The normalized spacial score (nSPS) is 23.8. The first-order chi connectivity index (χ1) is 9.79. The van der Waals surface area contributed by atoms with Crippen molar-refractivity contribution in [3.05, 3.63) is 35.4 Å². The minimum atomic E-state index is -4.39. The minimum absolute atomic E-state index is 0.207. The van der Waals surface area contributed by atoms with Gasteiger partial charge in [-0.2, -0.15) is 13.2 Å². The van der Waals surface area contributed by atoms with Crippen molar-refractivity contribution in [1.29, 1.82) is 0 Å². The summed E-state index contributed by atoms with van der Waals surface area (Å²) in [5, 5.41) is 10.5. The molecule has 0 radical (unpaired) electrons. The minimum Gasteiger partial charge on any atom is -0.387 e. The molecule has 1 heterocycles. The molecule has 1 aliphatic rings. The van der Waals surface area contributed by atoms with Crippen LogP contribution in [0.5, 0.6) is 0 Å². The largest absolute Gasteiger partial charge is 0.416 e. The second-order valence-corrected chi connectivity index (χ2v) is 5.73. The standard InChI is InChI=1S/C15H21F3N2O/c1-19-7-4-8-20(2)13(10-19)14(21)11-5-3-6-12(9-11)15(16,17)18/h3,5-6,9,13-14,21H,4,7-8,10H2,1-2H3. The third-order valence-corrected chi connectivity index (χ3v) is 4.04. The number of nitrogens with zero attached hydrogens (tertiary/aromatic N) is 2. The van der Waals surface area contributed by atoms with Gasteiger partial charge in [0.2, 0.25) is 0 Å². The SMILES string of the molecule is CN1CCCN(C)C(C(O)c2cccc(C(F)(F)F)c2)C1. The second kappa shape index (κ2) is 6.34. The lowest BCUT2D eigenvalue weighted by Crippen LogP contribution is -2.42. The van der Waals surface area contributed by atoms with Crippen LogP contribution in [-0.4, -0.2) is 54.7 Å². The summed E-state index contributed by atoms with van der Waals surface area (Å²) >= 11 is 0.